The highest BCUT2D eigenvalue weighted by Crippen LogP contribution is 3.02. The molecule has 2 N–H and O–H groups in total. The molecule has 9 nitrogen and oxygen atoms in total. The van der Waals surface area contributed by atoms with Crippen LogP contribution in [0.15, 0.2) is 53.7 Å². The lowest BCUT2D eigenvalue weighted by Gasteiger charge is -2.41. The van der Waals surface area contributed by atoms with Crippen LogP contribution < -0.4 is 10.2 Å². The number of β-amino-alcohol motifs (C(OH)–C–C–N with tert-alkyl or cyclic N) is 1. The summed E-state index contributed by atoms with van der Waals surface area (Å²) in [6.45, 7) is 5.64. The van der Waals surface area contributed by atoms with E-state index in [0.717, 1.165) is 9.80 Å². The quantitative estimate of drug-likeness (QED) is 0.295. The van der Waals surface area contributed by atoms with Crippen molar-refractivity contribution in [3.8, 4) is 0 Å². The van der Waals surface area contributed by atoms with Crippen LogP contribution in [0.2, 0.25) is 0 Å². The smallest absolute Gasteiger partial charge is 0.411 e. The lowest BCUT2D eigenvalue weighted by Crippen LogP contribution is -2.54. The first kappa shape index (κ1) is 36.2. The van der Waals surface area contributed by atoms with Crippen LogP contribution >= 0.6 is 10.2 Å². The van der Waals surface area contributed by atoms with Crippen LogP contribution in [0.3, 0.4) is 0 Å². The molecule has 2 fully saturated rings. The number of benzene rings is 1. The number of amides is 3. The van der Waals surface area contributed by atoms with Crippen LogP contribution in [0.1, 0.15) is 71.4 Å². The van der Waals surface area contributed by atoms with Crippen molar-refractivity contribution in [2.24, 2.45) is 0 Å². The second-order valence-electron chi connectivity index (χ2n) is 13.3. The largest absolute Gasteiger partial charge is 0.444 e. The van der Waals surface area contributed by atoms with Crippen LogP contribution in [0.4, 0.5) is 38.7 Å². The van der Waals surface area contributed by atoms with Crippen molar-refractivity contribution in [3.63, 3.8) is 0 Å². The van der Waals surface area contributed by atoms with Crippen LogP contribution in [0.5, 0.6) is 0 Å². The Kier molecular flexibility index (Phi) is 8.89. The number of hydrogen-bond acceptors (Lipinski definition) is 6. The molecule has 47 heavy (non-hydrogen) atoms. The average Bonchev–Trinajstić information content (AvgIpc) is 3.26. The molecule has 1 unspecified atom stereocenters. The first-order chi connectivity index (χ1) is 21.3. The van der Waals surface area contributed by atoms with Crippen molar-refractivity contribution in [1.82, 2.24) is 15.2 Å². The molecule has 1 saturated heterocycles. The predicted octanol–water partition coefficient (Wildman–Crippen LogP) is 7.27. The standard InChI is InChI=1S/C30H37F7N4O5S/c1-28(2,3)46-27(44)40-18-29(4,45)16-23(40)26(43)41(21-7-9-22(10-8-21)47(33,34,35,36)37)24(19-6-5-15-38-17-19)25(42)39-20-11-13-30(31,32)14-12-20/h5-10,15,17,20,23-24,45H,11-14,16,18H2,1-4H3,(H,39,42)/t23-,24?,29-/m1/s1. The summed E-state index contributed by atoms with van der Waals surface area (Å²) in [6, 6.07) is 0.118. The van der Waals surface area contributed by atoms with Gasteiger partial charge in [0, 0.05) is 48.9 Å². The number of halogens is 7. The molecule has 1 aromatic carbocycles. The predicted molar refractivity (Wildman–Crippen MR) is 160 cm³/mol. The van der Waals surface area contributed by atoms with Crippen molar-refractivity contribution in [1.29, 1.82) is 0 Å². The number of alkyl halides is 2. The summed E-state index contributed by atoms with van der Waals surface area (Å²) in [5.41, 5.74) is -3.08. The Morgan fingerprint density at radius 1 is 1.06 bits per heavy atom. The highest BCUT2D eigenvalue weighted by Gasteiger charge is 2.65. The zero-order valence-electron chi connectivity index (χ0n) is 26.1. The Balaban J connectivity index is 1.84. The van der Waals surface area contributed by atoms with Crippen molar-refractivity contribution < 1.29 is 52.4 Å². The van der Waals surface area contributed by atoms with Gasteiger partial charge in [0.25, 0.3) is 5.91 Å². The van der Waals surface area contributed by atoms with Gasteiger partial charge in [0.15, 0.2) is 0 Å². The minimum Gasteiger partial charge on any atom is -0.444 e. The van der Waals surface area contributed by atoms with Gasteiger partial charge in [0.1, 0.15) is 22.6 Å². The number of carbonyl (C=O) groups is 3. The fraction of sp³-hybridized carbons (Fsp3) is 0.533. The van der Waals surface area contributed by atoms with Gasteiger partial charge in [-0.1, -0.05) is 25.5 Å². The summed E-state index contributed by atoms with van der Waals surface area (Å²) >= 11 is 0. The molecule has 1 aliphatic carbocycles. The molecule has 2 aliphatic rings. The summed E-state index contributed by atoms with van der Waals surface area (Å²) < 4.78 is 101. The lowest BCUT2D eigenvalue weighted by atomic mass is 9.91. The number of rotatable bonds is 7. The first-order valence-electron chi connectivity index (χ1n) is 14.7. The second kappa shape index (κ2) is 11.5. The van der Waals surface area contributed by atoms with Crippen molar-refractivity contribution in [2.75, 3.05) is 11.4 Å². The molecule has 2 aromatic rings. The van der Waals surface area contributed by atoms with Gasteiger partial charge in [0.2, 0.25) is 11.8 Å². The minimum atomic E-state index is -10.1. The van der Waals surface area contributed by atoms with E-state index in [1.165, 1.54) is 31.5 Å². The van der Waals surface area contributed by atoms with Gasteiger partial charge in [-0.2, -0.15) is 0 Å². The molecule has 0 spiro atoms. The van der Waals surface area contributed by atoms with Gasteiger partial charge in [-0.25, -0.2) is 13.6 Å². The van der Waals surface area contributed by atoms with E-state index < -0.39 is 93.4 Å². The van der Waals surface area contributed by atoms with Gasteiger partial charge in [0.05, 0.1) is 12.1 Å². The van der Waals surface area contributed by atoms with Gasteiger partial charge in [-0.05, 0) is 70.9 Å². The monoisotopic (exact) mass is 698 g/mol. The number of hydrogen-bond donors (Lipinski definition) is 2. The third-order valence-corrected chi connectivity index (χ3v) is 8.96. The first-order valence-corrected chi connectivity index (χ1v) is 16.7. The fourth-order valence-electron chi connectivity index (χ4n) is 5.65. The van der Waals surface area contributed by atoms with Crippen molar-refractivity contribution >= 4 is 33.8 Å². The molecule has 0 bridgehead atoms. The number of aromatic nitrogens is 1. The van der Waals surface area contributed by atoms with E-state index in [1.807, 2.05) is 0 Å². The Bertz CT molecular complexity index is 1490. The molecule has 0 radical (unpaired) electrons. The number of likely N-dealkylation sites (tertiary alicyclic amines) is 1. The molecule has 1 aromatic heterocycles. The zero-order valence-corrected chi connectivity index (χ0v) is 26.9. The molecular weight excluding hydrogens is 661 g/mol. The molecule has 1 aliphatic heterocycles. The maximum atomic E-state index is 14.5. The third-order valence-electron chi connectivity index (χ3n) is 7.80. The summed E-state index contributed by atoms with van der Waals surface area (Å²) in [6.07, 6.45) is -0.105. The number of nitrogens with one attached hydrogen (secondary N) is 1. The SMILES string of the molecule is CC(C)(C)OC(=O)N1C[C@](C)(O)C[C@@H]1C(=O)N(c1ccc(S(F)(F)(F)(F)F)cc1)C(C(=O)NC1CCC(F)(F)CC1)c1cccnc1. The van der Waals surface area contributed by atoms with Gasteiger partial charge >= 0.3 is 16.3 Å². The molecule has 3 amide bonds. The average molecular weight is 699 g/mol. The Hall–Kier alpha value is -3.60. The van der Waals surface area contributed by atoms with Crippen LogP contribution in [0.25, 0.3) is 0 Å². The van der Waals surface area contributed by atoms with E-state index in [0.29, 0.717) is 12.1 Å². The van der Waals surface area contributed by atoms with E-state index in [9.17, 15) is 47.7 Å². The zero-order chi connectivity index (χ0) is 35.3. The van der Waals surface area contributed by atoms with Crippen molar-refractivity contribution in [2.45, 2.75) is 99.9 Å². The minimum absolute atomic E-state index is 0.0323. The molecule has 3 atom stereocenters. The summed E-state index contributed by atoms with van der Waals surface area (Å²) in [5, 5.41) is 13.6. The summed E-state index contributed by atoms with van der Waals surface area (Å²) in [7, 11) is -10.1. The van der Waals surface area contributed by atoms with Crippen LogP contribution in [-0.2, 0) is 14.3 Å². The van der Waals surface area contributed by atoms with Gasteiger partial charge < -0.3 is 15.2 Å². The van der Waals surface area contributed by atoms with Crippen molar-refractivity contribution in [3.05, 3.63) is 54.4 Å². The maximum Gasteiger partial charge on any atom is 0.411 e. The summed E-state index contributed by atoms with van der Waals surface area (Å²) in [4.78, 5) is 45.1. The highest BCUT2D eigenvalue weighted by atomic mass is 32.5. The number of anilines is 1. The second-order valence-corrected chi connectivity index (χ2v) is 15.7. The lowest BCUT2D eigenvalue weighted by molar-refractivity contribution is -0.129. The fourth-order valence-corrected chi connectivity index (χ4v) is 6.30. The number of nitrogens with zero attached hydrogens (tertiary/aromatic N) is 3. The van der Waals surface area contributed by atoms with E-state index in [2.05, 4.69) is 10.3 Å². The number of aliphatic hydroxyl groups is 1. The Morgan fingerprint density at radius 2 is 1.66 bits per heavy atom. The van der Waals surface area contributed by atoms with E-state index in [1.54, 1.807) is 20.8 Å². The maximum absolute atomic E-state index is 14.5. The third kappa shape index (κ3) is 9.06. The van der Waals surface area contributed by atoms with Gasteiger partial charge in [-0.15, -0.1) is 0 Å². The topological polar surface area (TPSA) is 112 Å². The Labute approximate surface area is 267 Å². The highest BCUT2D eigenvalue weighted by molar-refractivity contribution is 8.45. The molecular formula is C30H37F7N4O5S. The molecule has 2 heterocycles. The number of carbonyl (C=O) groups excluding carboxylic acids is 3. The Morgan fingerprint density at radius 3 is 2.17 bits per heavy atom. The number of pyridine rings is 1. The van der Waals surface area contributed by atoms with E-state index in [-0.39, 0.29) is 37.0 Å². The molecule has 1 saturated carbocycles. The van der Waals surface area contributed by atoms with Crippen LogP contribution in [0, 0.1) is 0 Å². The number of ether oxygens (including phenoxy) is 1. The van der Waals surface area contributed by atoms with Crippen LogP contribution in [-0.4, -0.2) is 68.7 Å². The van der Waals surface area contributed by atoms with Gasteiger partial charge in [-0.3, -0.25) is 24.4 Å². The molecule has 17 heteroatoms. The molecule has 262 valence electrons. The van der Waals surface area contributed by atoms with E-state index in [4.69, 9.17) is 4.74 Å². The molecule has 4 rings (SSSR count). The normalized spacial score (nSPS) is 24.1. The van der Waals surface area contributed by atoms with E-state index >= 15 is 0 Å². The summed E-state index contributed by atoms with van der Waals surface area (Å²) in [5.74, 6) is -4.92.